The molecule has 214 valence electrons. The molecular weight excluding hydrogens is 516 g/mol. The maximum Gasteiger partial charge on any atom is 0.250 e. The Bertz CT molecular complexity index is 1490. The fourth-order valence-corrected chi connectivity index (χ4v) is 4.77. The number of hydrogen-bond acceptors (Lipinski definition) is 8. The highest BCUT2D eigenvalue weighted by molar-refractivity contribution is 6.07. The first-order valence-electron chi connectivity index (χ1n) is 13.9. The summed E-state index contributed by atoms with van der Waals surface area (Å²) in [7, 11) is 1.60. The van der Waals surface area contributed by atoms with Crippen molar-refractivity contribution in [2.24, 2.45) is 5.73 Å². The Kier molecular flexibility index (Phi) is 10.4. The predicted octanol–water partition coefficient (Wildman–Crippen LogP) is 4.21. The van der Waals surface area contributed by atoms with Crippen molar-refractivity contribution in [3.63, 3.8) is 0 Å². The van der Waals surface area contributed by atoms with Gasteiger partial charge in [-0.1, -0.05) is 38.1 Å². The Morgan fingerprint density at radius 1 is 0.927 bits per heavy atom. The van der Waals surface area contributed by atoms with E-state index in [1.54, 1.807) is 37.4 Å². The quantitative estimate of drug-likeness (QED) is 0.148. The Hall–Kier alpha value is -4.34. The molecule has 0 aliphatic carbocycles. The molecule has 3 aromatic carbocycles. The van der Waals surface area contributed by atoms with E-state index >= 15 is 0 Å². The molecule has 0 saturated carbocycles. The molecule has 0 spiro atoms. The Morgan fingerprint density at radius 2 is 1.68 bits per heavy atom. The first-order valence-corrected chi connectivity index (χ1v) is 13.9. The van der Waals surface area contributed by atoms with E-state index < -0.39 is 5.91 Å². The van der Waals surface area contributed by atoms with E-state index in [1.165, 1.54) is 6.33 Å². The van der Waals surface area contributed by atoms with Crippen LogP contribution in [-0.4, -0.2) is 59.8 Å². The van der Waals surface area contributed by atoms with E-state index in [4.69, 9.17) is 10.5 Å². The largest absolute Gasteiger partial charge is 0.497 e. The van der Waals surface area contributed by atoms with Crippen LogP contribution >= 0.6 is 0 Å². The molecular formula is C32H38N6O3. The number of nitrogens with two attached hydrogens (primary N) is 1. The average Bonchev–Trinajstić information content (AvgIpc) is 2.99. The lowest BCUT2D eigenvalue weighted by Gasteiger charge is -2.18. The van der Waals surface area contributed by atoms with Gasteiger partial charge in [-0.25, -0.2) is 9.97 Å². The zero-order valence-corrected chi connectivity index (χ0v) is 23.9. The zero-order chi connectivity index (χ0) is 29.2. The maximum absolute atomic E-state index is 12.8. The molecule has 9 nitrogen and oxygen atoms in total. The third-order valence-corrected chi connectivity index (χ3v) is 7.12. The Balaban J connectivity index is 1.47. The molecule has 4 rings (SSSR count). The number of fused-ring (bicyclic) bond motifs is 1. The average molecular weight is 555 g/mol. The lowest BCUT2D eigenvalue weighted by atomic mass is 10.0. The number of benzene rings is 3. The van der Waals surface area contributed by atoms with Gasteiger partial charge in [0.2, 0.25) is 0 Å². The summed E-state index contributed by atoms with van der Waals surface area (Å²) in [6.45, 7) is 9.18. The molecule has 0 bridgehead atoms. The number of amides is 1. The second-order valence-corrected chi connectivity index (χ2v) is 9.83. The van der Waals surface area contributed by atoms with Gasteiger partial charge in [-0.3, -0.25) is 9.59 Å². The monoisotopic (exact) mass is 554 g/mol. The maximum atomic E-state index is 12.8. The third-order valence-electron chi connectivity index (χ3n) is 7.12. The van der Waals surface area contributed by atoms with Crippen LogP contribution in [0.1, 0.15) is 51.3 Å². The Morgan fingerprint density at radius 3 is 2.39 bits per heavy atom. The molecule has 41 heavy (non-hydrogen) atoms. The van der Waals surface area contributed by atoms with E-state index in [0.29, 0.717) is 47.7 Å². The summed E-state index contributed by atoms with van der Waals surface area (Å²) < 4.78 is 5.18. The van der Waals surface area contributed by atoms with E-state index in [2.05, 4.69) is 39.3 Å². The van der Waals surface area contributed by atoms with Crippen LogP contribution in [0.5, 0.6) is 5.75 Å². The molecule has 0 fully saturated rings. The topological polar surface area (TPSA) is 122 Å². The van der Waals surface area contributed by atoms with Crippen molar-refractivity contribution in [1.29, 1.82) is 0 Å². The van der Waals surface area contributed by atoms with Crippen LogP contribution < -0.4 is 21.1 Å². The predicted molar refractivity (Wildman–Crippen MR) is 162 cm³/mol. The first kappa shape index (κ1) is 29.6. The molecule has 4 N–H and O–H groups in total. The molecule has 1 amide bonds. The van der Waals surface area contributed by atoms with Crippen molar-refractivity contribution in [3.05, 3.63) is 94.8 Å². The van der Waals surface area contributed by atoms with Gasteiger partial charge in [-0.05, 0) is 66.2 Å². The van der Waals surface area contributed by atoms with Crippen LogP contribution in [-0.2, 0) is 19.5 Å². The van der Waals surface area contributed by atoms with Crippen LogP contribution in [0.2, 0.25) is 0 Å². The van der Waals surface area contributed by atoms with Gasteiger partial charge in [0.1, 0.15) is 17.9 Å². The van der Waals surface area contributed by atoms with Gasteiger partial charge >= 0.3 is 0 Å². The van der Waals surface area contributed by atoms with E-state index in [-0.39, 0.29) is 5.78 Å². The minimum absolute atomic E-state index is 0.0387. The number of ketones is 1. The van der Waals surface area contributed by atoms with Crippen molar-refractivity contribution in [2.45, 2.75) is 33.4 Å². The number of primary amides is 1. The molecule has 0 aliphatic rings. The summed E-state index contributed by atoms with van der Waals surface area (Å²) in [4.78, 5) is 36.3. The van der Waals surface area contributed by atoms with Gasteiger partial charge in [-0.2, -0.15) is 0 Å². The molecule has 0 saturated heterocycles. The van der Waals surface area contributed by atoms with Crippen LogP contribution in [0.25, 0.3) is 10.9 Å². The number of anilines is 1. The fraction of sp³-hybridized carbons (Fsp3) is 0.312. The number of Topliss-reactive ketones (excluding diaryl/α,β-unsaturated/α-hetero) is 1. The highest BCUT2D eigenvalue weighted by Crippen LogP contribution is 2.25. The van der Waals surface area contributed by atoms with Gasteiger partial charge in [-0.15, -0.1) is 0 Å². The van der Waals surface area contributed by atoms with Crippen molar-refractivity contribution >= 4 is 28.4 Å². The lowest BCUT2D eigenvalue weighted by molar-refractivity contribution is 0.0988. The van der Waals surface area contributed by atoms with E-state index in [9.17, 15) is 9.59 Å². The van der Waals surface area contributed by atoms with Crippen LogP contribution in [0.15, 0.2) is 67.0 Å². The Labute approximate surface area is 241 Å². The summed E-state index contributed by atoms with van der Waals surface area (Å²) in [5, 5.41) is 7.58. The number of carbonyl (C=O) groups is 2. The number of ether oxygens (including phenoxy) is 1. The summed E-state index contributed by atoms with van der Waals surface area (Å²) in [6.07, 6.45) is 1.73. The second-order valence-electron chi connectivity index (χ2n) is 9.83. The second kappa shape index (κ2) is 14.3. The number of nitrogens with zero attached hydrogens (tertiary/aromatic N) is 3. The van der Waals surface area contributed by atoms with Gasteiger partial charge in [0.05, 0.1) is 18.2 Å². The molecule has 0 aliphatic heterocycles. The number of aromatic nitrogens is 2. The van der Waals surface area contributed by atoms with Crippen LogP contribution in [0.3, 0.4) is 0 Å². The van der Waals surface area contributed by atoms with Crippen LogP contribution in [0.4, 0.5) is 5.82 Å². The highest BCUT2D eigenvalue weighted by atomic mass is 16.5. The van der Waals surface area contributed by atoms with Crippen molar-refractivity contribution < 1.29 is 14.3 Å². The van der Waals surface area contributed by atoms with Gasteiger partial charge in [0.25, 0.3) is 5.91 Å². The lowest BCUT2D eigenvalue weighted by Crippen LogP contribution is -2.31. The van der Waals surface area contributed by atoms with Gasteiger partial charge < -0.3 is 26.0 Å². The summed E-state index contributed by atoms with van der Waals surface area (Å²) in [5.74, 6) is 0.839. The molecule has 0 atom stereocenters. The third kappa shape index (κ3) is 7.87. The van der Waals surface area contributed by atoms with E-state index in [0.717, 1.165) is 48.3 Å². The number of methoxy groups -OCH3 is 1. The minimum Gasteiger partial charge on any atom is -0.497 e. The SMILES string of the molecule is CCN(CC)CCNCc1cc(C(N)=O)c2ncnc(NCc3cccc(CC(=O)c4ccc(OC)cc4)c3)c2c1. The van der Waals surface area contributed by atoms with E-state index in [1.807, 2.05) is 30.3 Å². The molecule has 1 heterocycles. The molecule has 0 radical (unpaired) electrons. The molecule has 9 heteroatoms. The highest BCUT2D eigenvalue weighted by Gasteiger charge is 2.14. The fourth-order valence-electron chi connectivity index (χ4n) is 4.77. The van der Waals surface area contributed by atoms with Crippen molar-refractivity contribution in [1.82, 2.24) is 20.2 Å². The number of carbonyl (C=O) groups excluding carboxylic acids is 2. The number of hydrogen-bond donors (Lipinski definition) is 3. The van der Waals surface area contributed by atoms with Crippen molar-refractivity contribution in [2.75, 3.05) is 38.6 Å². The standard InChI is InChI=1S/C32H38N6O3/c1-4-38(5-2)14-13-34-19-24-16-27(31(33)40)30-28(17-24)32(37-21-36-30)35-20-23-8-6-7-22(15-23)18-29(39)25-9-11-26(41-3)12-10-25/h6-12,15-17,21,34H,4-5,13-14,18-20H2,1-3H3,(H2,33,40)(H,35,36,37). The number of likely N-dealkylation sites (N-methyl/N-ethyl adjacent to an activating group) is 1. The van der Waals surface area contributed by atoms with Crippen molar-refractivity contribution in [3.8, 4) is 5.75 Å². The van der Waals surface area contributed by atoms with Gasteiger partial charge in [0.15, 0.2) is 5.78 Å². The van der Waals surface area contributed by atoms with Gasteiger partial charge in [0, 0.05) is 43.5 Å². The molecule has 1 aromatic heterocycles. The first-order chi connectivity index (χ1) is 19.9. The smallest absolute Gasteiger partial charge is 0.250 e. The zero-order valence-electron chi connectivity index (χ0n) is 23.9. The minimum atomic E-state index is -0.529. The van der Waals surface area contributed by atoms with Crippen LogP contribution in [0, 0.1) is 0 Å². The molecule has 0 unspecified atom stereocenters. The summed E-state index contributed by atoms with van der Waals surface area (Å²) in [5.41, 5.74) is 10.1. The summed E-state index contributed by atoms with van der Waals surface area (Å²) >= 11 is 0. The summed E-state index contributed by atoms with van der Waals surface area (Å²) in [6, 6.07) is 18.8. The normalized spacial score (nSPS) is 11.1. The molecule has 4 aromatic rings. The number of nitrogens with one attached hydrogen (secondary N) is 2. The number of rotatable bonds is 15.